The fraction of sp³-hybridized carbons (Fsp3) is 0.250. The van der Waals surface area contributed by atoms with Gasteiger partial charge in [-0.05, 0) is 25.1 Å². The van der Waals surface area contributed by atoms with Gasteiger partial charge in [0.15, 0.2) is 0 Å². The van der Waals surface area contributed by atoms with E-state index in [2.05, 4.69) is 5.10 Å². The van der Waals surface area contributed by atoms with Gasteiger partial charge >= 0.3 is 0 Å². The number of anilines is 1. The molecule has 0 aromatic heterocycles. The van der Waals surface area contributed by atoms with Crippen LogP contribution in [-0.4, -0.2) is 18.2 Å². The third-order valence-electron chi connectivity index (χ3n) is 2.72. The van der Waals surface area contributed by atoms with E-state index in [-0.39, 0.29) is 18.4 Å². The molecule has 0 spiro atoms. The number of carbonyl (C=O) groups is 1. The summed E-state index contributed by atoms with van der Waals surface area (Å²) in [6.45, 7) is 2.03. The van der Waals surface area contributed by atoms with Crippen molar-refractivity contribution in [2.24, 2.45) is 16.8 Å². The number of carbonyl (C=O) groups excluding carboxylic acids is 1. The van der Waals surface area contributed by atoms with Gasteiger partial charge in [-0.2, -0.15) is 10.4 Å². The third-order valence-corrected chi connectivity index (χ3v) is 2.72. The quantitative estimate of drug-likeness (QED) is 0.814. The van der Waals surface area contributed by atoms with Crippen molar-refractivity contribution in [2.75, 3.05) is 11.6 Å². The minimum atomic E-state index is -0.347. The average molecular weight is 228 g/mol. The number of amides is 1. The zero-order chi connectivity index (χ0) is 12.4. The lowest BCUT2D eigenvalue weighted by atomic mass is 10.1. The van der Waals surface area contributed by atoms with E-state index in [4.69, 9.17) is 11.0 Å². The van der Waals surface area contributed by atoms with E-state index in [0.717, 1.165) is 0 Å². The first-order chi connectivity index (χ1) is 8.17. The summed E-state index contributed by atoms with van der Waals surface area (Å²) < 4.78 is 0. The maximum Gasteiger partial charge on any atom is 0.257 e. The minimum absolute atomic E-state index is 0.139. The highest BCUT2D eigenvalue weighted by molar-refractivity contribution is 6.14. The second kappa shape index (κ2) is 4.36. The molecule has 1 aromatic carbocycles. The van der Waals surface area contributed by atoms with Gasteiger partial charge < -0.3 is 5.73 Å². The zero-order valence-electron chi connectivity index (χ0n) is 9.42. The number of rotatable bonds is 2. The Balaban J connectivity index is 2.36. The van der Waals surface area contributed by atoms with E-state index in [1.165, 1.54) is 5.01 Å². The lowest BCUT2D eigenvalue weighted by molar-refractivity contribution is -0.119. The minimum Gasteiger partial charge on any atom is -0.329 e. The average Bonchev–Trinajstić information content (AvgIpc) is 2.64. The molecular formula is C12H12N4O. The van der Waals surface area contributed by atoms with Crippen molar-refractivity contribution in [3.8, 4) is 6.07 Å². The molecule has 0 bridgehead atoms. The smallest absolute Gasteiger partial charge is 0.257 e. The summed E-state index contributed by atoms with van der Waals surface area (Å²) in [5, 5.41) is 14.3. The Labute approximate surface area is 99.1 Å². The molecule has 1 unspecified atom stereocenters. The highest BCUT2D eigenvalue weighted by Gasteiger charge is 2.33. The van der Waals surface area contributed by atoms with Crippen molar-refractivity contribution in [3.05, 3.63) is 29.8 Å². The number of nitriles is 1. The Morgan fingerprint density at radius 3 is 2.94 bits per heavy atom. The normalized spacial score (nSPS) is 19.1. The molecule has 17 heavy (non-hydrogen) atoms. The molecule has 86 valence electrons. The van der Waals surface area contributed by atoms with Crippen LogP contribution in [0.1, 0.15) is 12.5 Å². The molecule has 2 N–H and O–H groups in total. The Bertz CT molecular complexity index is 530. The number of nitrogens with zero attached hydrogens (tertiary/aromatic N) is 3. The molecule has 5 nitrogen and oxygen atoms in total. The molecule has 0 saturated carbocycles. The zero-order valence-corrected chi connectivity index (χ0v) is 9.42. The number of benzene rings is 1. The van der Waals surface area contributed by atoms with Gasteiger partial charge in [0.05, 0.1) is 23.2 Å². The van der Waals surface area contributed by atoms with E-state index < -0.39 is 0 Å². The number of hydrazone groups is 1. The standard InChI is InChI=1S/C12H12N4O/c1-8-11(7-14)12(17)16(15-8)10-4-2-3-9(5-10)6-13/h2-5,11H,7,14H2,1H3. The van der Waals surface area contributed by atoms with Gasteiger partial charge in [0, 0.05) is 12.3 Å². The SMILES string of the molecule is CC1=NN(c2cccc(C#N)c2)C(=O)C1CN. The Morgan fingerprint density at radius 2 is 2.35 bits per heavy atom. The van der Waals surface area contributed by atoms with Gasteiger partial charge in [0.25, 0.3) is 5.91 Å². The molecular weight excluding hydrogens is 216 g/mol. The Kier molecular flexibility index (Phi) is 2.90. The summed E-state index contributed by atoms with van der Waals surface area (Å²) in [7, 11) is 0. The molecule has 1 atom stereocenters. The van der Waals surface area contributed by atoms with Crippen molar-refractivity contribution in [1.29, 1.82) is 5.26 Å². The highest BCUT2D eigenvalue weighted by Crippen LogP contribution is 2.23. The molecule has 0 aliphatic carbocycles. The maximum atomic E-state index is 12.0. The second-order valence-corrected chi connectivity index (χ2v) is 3.84. The van der Waals surface area contributed by atoms with Gasteiger partial charge in [-0.25, -0.2) is 5.01 Å². The number of hydrogen-bond donors (Lipinski definition) is 1. The van der Waals surface area contributed by atoms with Gasteiger partial charge in [-0.1, -0.05) is 6.07 Å². The predicted octanol–water partition coefficient (Wildman–Crippen LogP) is 0.856. The van der Waals surface area contributed by atoms with E-state index in [1.54, 1.807) is 31.2 Å². The molecule has 1 aliphatic heterocycles. The number of nitrogens with two attached hydrogens (primary N) is 1. The van der Waals surface area contributed by atoms with Crippen LogP contribution >= 0.6 is 0 Å². The van der Waals surface area contributed by atoms with Crippen LogP contribution in [0.5, 0.6) is 0 Å². The molecule has 0 fully saturated rings. The number of hydrogen-bond acceptors (Lipinski definition) is 4. The van der Waals surface area contributed by atoms with Crippen molar-refractivity contribution in [3.63, 3.8) is 0 Å². The van der Waals surface area contributed by atoms with Gasteiger partial charge in [0.2, 0.25) is 0 Å². The fourth-order valence-electron chi connectivity index (χ4n) is 1.77. The molecule has 5 heteroatoms. The van der Waals surface area contributed by atoms with Gasteiger partial charge in [-0.3, -0.25) is 4.79 Å². The lowest BCUT2D eigenvalue weighted by Crippen LogP contribution is -2.32. The van der Waals surface area contributed by atoms with Crippen molar-refractivity contribution in [1.82, 2.24) is 0 Å². The molecule has 2 rings (SSSR count). The third kappa shape index (κ3) is 1.90. The predicted molar refractivity (Wildman–Crippen MR) is 64.3 cm³/mol. The van der Waals surface area contributed by atoms with Crippen LogP contribution in [0.3, 0.4) is 0 Å². The van der Waals surface area contributed by atoms with Crippen LogP contribution in [0.4, 0.5) is 5.69 Å². The van der Waals surface area contributed by atoms with Crippen molar-refractivity contribution < 1.29 is 4.79 Å². The summed E-state index contributed by atoms with van der Waals surface area (Å²) >= 11 is 0. The first-order valence-corrected chi connectivity index (χ1v) is 5.26. The molecule has 1 heterocycles. The van der Waals surface area contributed by atoms with E-state index in [1.807, 2.05) is 6.07 Å². The van der Waals surface area contributed by atoms with E-state index in [0.29, 0.717) is 17.0 Å². The summed E-state index contributed by atoms with van der Waals surface area (Å²) in [5.74, 6) is -0.485. The highest BCUT2D eigenvalue weighted by atomic mass is 16.2. The summed E-state index contributed by atoms with van der Waals surface area (Å²) in [6, 6.07) is 8.81. The molecule has 0 radical (unpaired) electrons. The first kappa shape index (κ1) is 11.3. The van der Waals surface area contributed by atoms with Crippen molar-refractivity contribution in [2.45, 2.75) is 6.92 Å². The first-order valence-electron chi connectivity index (χ1n) is 5.26. The topological polar surface area (TPSA) is 82.5 Å². The van der Waals surface area contributed by atoms with Crippen LogP contribution < -0.4 is 10.7 Å². The molecule has 1 amide bonds. The van der Waals surface area contributed by atoms with Crippen LogP contribution in [0.25, 0.3) is 0 Å². The molecule has 1 aliphatic rings. The van der Waals surface area contributed by atoms with E-state index in [9.17, 15) is 4.79 Å². The van der Waals surface area contributed by atoms with Crippen LogP contribution in [0, 0.1) is 17.2 Å². The fourth-order valence-corrected chi connectivity index (χ4v) is 1.77. The van der Waals surface area contributed by atoms with Gasteiger partial charge in [0.1, 0.15) is 0 Å². The monoisotopic (exact) mass is 228 g/mol. The van der Waals surface area contributed by atoms with Crippen LogP contribution in [0.2, 0.25) is 0 Å². The van der Waals surface area contributed by atoms with Gasteiger partial charge in [-0.15, -0.1) is 0 Å². The van der Waals surface area contributed by atoms with E-state index >= 15 is 0 Å². The Hall–Kier alpha value is -2.19. The Morgan fingerprint density at radius 1 is 1.59 bits per heavy atom. The molecule has 1 aromatic rings. The molecule has 0 saturated heterocycles. The summed E-state index contributed by atoms with van der Waals surface area (Å²) in [4.78, 5) is 12.0. The maximum absolute atomic E-state index is 12.0. The van der Waals surface area contributed by atoms with Crippen molar-refractivity contribution >= 4 is 17.3 Å². The largest absolute Gasteiger partial charge is 0.329 e. The summed E-state index contributed by atoms with van der Waals surface area (Å²) in [5.41, 5.74) is 7.34. The second-order valence-electron chi connectivity index (χ2n) is 3.84. The van der Waals surface area contributed by atoms with Crippen LogP contribution in [-0.2, 0) is 4.79 Å². The van der Waals surface area contributed by atoms with Crippen LogP contribution in [0.15, 0.2) is 29.4 Å². The summed E-state index contributed by atoms with van der Waals surface area (Å²) in [6.07, 6.45) is 0. The lowest BCUT2D eigenvalue weighted by Gasteiger charge is -2.13.